The van der Waals surface area contributed by atoms with Gasteiger partial charge in [0.1, 0.15) is 18.1 Å². The SMILES string of the molecule is CCN(CC)S(=O)(=O)c1ccc(=O)n(CC(=O)NC(C)c2ccc(C)o2)c1. The highest BCUT2D eigenvalue weighted by molar-refractivity contribution is 7.89. The van der Waals surface area contributed by atoms with Crippen LogP contribution in [0.25, 0.3) is 0 Å². The van der Waals surface area contributed by atoms with Gasteiger partial charge in [0.15, 0.2) is 0 Å². The maximum absolute atomic E-state index is 12.6. The number of aromatic nitrogens is 1. The Labute approximate surface area is 158 Å². The second-order valence-electron chi connectivity index (χ2n) is 6.16. The fourth-order valence-corrected chi connectivity index (χ4v) is 4.18. The lowest BCUT2D eigenvalue weighted by atomic mass is 10.2. The van der Waals surface area contributed by atoms with Gasteiger partial charge in [0, 0.05) is 25.4 Å². The molecule has 1 unspecified atom stereocenters. The van der Waals surface area contributed by atoms with Gasteiger partial charge in [-0.15, -0.1) is 0 Å². The maximum atomic E-state index is 12.6. The molecule has 8 nitrogen and oxygen atoms in total. The van der Waals surface area contributed by atoms with Crippen molar-refractivity contribution in [2.75, 3.05) is 13.1 Å². The monoisotopic (exact) mass is 395 g/mol. The smallest absolute Gasteiger partial charge is 0.251 e. The van der Waals surface area contributed by atoms with Crippen molar-refractivity contribution < 1.29 is 17.6 Å². The standard InChI is InChI=1S/C18H25N3O5S/c1-5-21(6-2)27(24,25)15-8-10-18(23)20(11-15)12-17(22)19-14(4)16-9-7-13(3)26-16/h7-11,14H,5-6,12H2,1-4H3,(H,19,22). The zero-order valence-electron chi connectivity index (χ0n) is 15.9. The van der Waals surface area contributed by atoms with E-state index in [1.165, 1.54) is 16.6 Å². The summed E-state index contributed by atoms with van der Waals surface area (Å²) in [5, 5.41) is 2.74. The van der Waals surface area contributed by atoms with Crippen molar-refractivity contribution in [3.8, 4) is 0 Å². The quantitative estimate of drug-likeness (QED) is 0.732. The van der Waals surface area contributed by atoms with Gasteiger partial charge in [0.05, 0.1) is 10.9 Å². The van der Waals surface area contributed by atoms with Gasteiger partial charge < -0.3 is 14.3 Å². The molecule has 0 fully saturated rings. The van der Waals surface area contributed by atoms with Crippen LogP contribution in [-0.2, 0) is 21.4 Å². The molecule has 1 amide bonds. The summed E-state index contributed by atoms with van der Waals surface area (Å²) in [6.07, 6.45) is 1.21. The molecule has 2 heterocycles. The number of pyridine rings is 1. The van der Waals surface area contributed by atoms with Crippen molar-refractivity contribution in [3.05, 3.63) is 52.3 Å². The Balaban J connectivity index is 2.19. The minimum Gasteiger partial charge on any atom is -0.464 e. The molecule has 0 bridgehead atoms. The average molecular weight is 395 g/mol. The number of furan rings is 1. The van der Waals surface area contributed by atoms with E-state index in [2.05, 4.69) is 5.32 Å². The number of sulfonamides is 1. The molecule has 2 rings (SSSR count). The summed E-state index contributed by atoms with van der Waals surface area (Å²) in [6.45, 7) is 7.39. The van der Waals surface area contributed by atoms with Crippen molar-refractivity contribution in [2.24, 2.45) is 0 Å². The van der Waals surface area contributed by atoms with E-state index in [1.807, 2.05) is 0 Å². The Hall–Kier alpha value is -2.39. The molecule has 0 aliphatic rings. The second-order valence-corrected chi connectivity index (χ2v) is 8.10. The largest absolute Gasteiger partial charge is 0.464 e. The normalized spacial score (nSPS) is 12.9. The lowest BCUT2D eigenvalue weighted by molar-refractivity contribution is -0.122. The first-order valence-electron chi connectivity index (χ1n) is 8.75. The van der Waals surface area contributed by atoms with Crippen LogP contribution in [0.2, 0.25) is 0 Å². The van der Waals surface area contributed by atoms with Gasteiger partial charge in [-0.2, -0.15) is 4.31 Å². The Morgan fingerprint density at radius 3 is 2.44 bits per heavy atom. The Morgan fingerprint density at radius 2 is 1.89 bits per heavy atom. The highest BCUT2D eigenvalue weighted by Gasteiger charge is 2.23. The fraction of sp³-hybridized carbons (Fsp3) is 0.444. The van der Waals surface area contributed by atoms with Crippen LogP contribution in [0.15, 0.2) is 44.6 Å². The third kappa shape index (κ3) is 4.86. The summed E-state index contributed by atoms with van der Waals surface area (Å²) in [5.41, 5.74) is -0.454. The van der Waals surface area contributed by atoms with Gasteiger partial charge in [0.2, 0.25) is 15.9 Å². The van der Waals surface area contributed by atoms with Gasteiger partial charge in [-0.25, -0.2) is 8.42 Å². The van der Waals surface area contributed by atoms with Crippen molar-refractivity contribution in [1.29, 1.82) is 0 Å². The van der Waals surface area contributed by atoms with Gasteiger partial charge in [0.25, 0.3) is 5.56 Å². The predicted molar refractivity (Wildman–Crippen MR) is 101 cm³/mol. The number of aryl methyl sites for hydroxylation is 1. The molecule has 1 atom stereocenters. The molecule has 9 heteroatoms. The summed E-state index contributed by atoms with van der Waals surface area (Å²) in [6, 6.07) is 5.61. The molecule has 0 saturated carbocycles. The lowest BCUT2D eigenvalue weighted by Gasteiger charge is -2.19. The number of hydrogen-bond acceptors (Lipinski definition) is 5. The van der Waals surface area contributed by atoms with Crippen molar-refractivity contribution in [1.82, 2.24) is 14.2 Å². The van der Waals surface area contributed by atoms with Crippen LogP contribution in [0.3, 0.4) is 0 Å². The summed E-state index contributed by atoms with van der Waals surface area (Å²) < 4.78 is 33.1. The van der Waals surface area contributed by atoms with Crippen LogP contribution < -0.4 is 10.9 Å². The van der Waals surface area contributed by atoms with Crippen molar-refractivity contribution in [2.45, 2.75) is 45.2 Å². The molecule has 0 aromatic carbocycles. The van der Waals surface area contributed by atoms with Gasteiger partial charge in [-0.1, -0.05) is 13.8 Å². The topological polar surface area (TPSA) is 102 Å². The molecule has 0 aliphatic carbocycles. The van der Waals surface area contributed by atoms with Crippen LogP contribution in [0, 0.1) is 6.92 Å². The van der Waals surface area contributed by atoms with Crippen molar-refractivity contribution >= 4 is 15.9 Å². The number of carbonyl (C=O) groups is 1. The van der Waals surface area contributed by atoms with Crippen molar-refractivity contribution in [3.63, 3.8) is 0 Å². The first-order valence-corrected chi connectivity index (χ1v) is 10.2. The predicted octanol–water partition coefficient (Wildman–Crippen LogP) is 1.66. The van der Waals surface area contributed by atoms with E-state index in [9.17, 15) is 18.0 Å². The van der Waals surface area contributed by atoms with Crippen LogP contribution in [0.5, 0.6) is 0 Å². The van der Waals surface area contributed by atoms with E-state index >= 15 is 0 Å². The third-order valence-electron chi connectivity index (χ3n) is 4.18. The molecule has 2 aromatic rings. The van der Waals surface area contributed by atoms with E-state index in [4.69, 9.17) is 4.42 Å². The highest BCUT2D eigenvalue weighted by atomic mass is 32.2. The number of rotatable bonds is 8. The Kier molecular flexibility index (Phi) is 6.61. The lowest BCUT2D eigenvalue weighted by Crippen LogP contribution is -2.35. The first-order chi connectivity index (χ1) is 12.7. The zero-order valence-corrected chi connectivity index (χ0v) is 16.7. The molecule has 0 aliphatic heterocycles. The molecule has 27 heavy (non-hydrogen) atoms. The summed E-state index contributed by atoms with van der Waals surface area (Å²) in [5.74, 6) is 0.915. The van der Waals surface area contributed by atoms with E-state index < -0.39 is 21.5 Å². The second kappa shape index (κ2) is 8.53. The number of amides is 1. The summed E-state index contributed by atoms with van der Waals surface area (Å²) >= 11 is 0. The Morgan fingerprint density at radius 1 is 1.22 bits per heavy atom. The molecule has 0 saturated heterocycles. The van der Waals surface area contributed by atoms with Gasteiger partial charge in [-0.05, 0) is 32.0 Å². The number of carbonyl (C=O) groups excluding carboxylic acids is 1. The highest BCUT2D eigenvalue weighted by Crippen LogP contribution is 2.16. The molecule has 2 aromatic heterocycles. The Bertz CT molecular complexity index is 957. The maximum Gasteiger partial charge on any atom is 0.251 e. The zero-order chi connectivity index (χ0) is 20.2. The molecule has 148 valence electrons. The molecule has 1 N–H and O–H groups in total. The summed E-state index contributed by atoms with van der Waals surface area (Å²) in [4.78, 5) is 24.3. The van der Waals surface area contributed by atoms with Crippen LogP contribution >= 0.6 is 0 Å². The molecular formula is C18H25N3O5S. The average Bonchev–Trinajstić information content (AvgIpc) is 3.04. The van der Waals surface area contributed by atoms with Crippen LogP contribution in [-0.4, -0.2) is 36.3 Å². The van der Waals surface area contributed by atoms with Crippen LogP contribution in [0.4, 0.5) is 0 Å². The van der Waals surface area contributed by atoms with Crippen LogP contribution in [0.1, 0.15) is 38.3 Å². The van der Waals surface area contributed by atoms with Gasteiger partial charge >= 0.3 is 0 Å². The third-order valence-corrected chi connectivity index (χ3v) is 6.21. The number of nitrogens with one attached hydrogen (secondary N) is 1. The van der Waals surface area contributed by atoms with E-state index in [0.29, 0.717) is 18.8 Å². The first kappa shape index (κ1) is 20.9. The van der Waals surface area contributed by atoms with E-state index in [1.54, 1.807) is 39.8 Å². The van der Waals surface area contributed by atoms with E-state index in [0.717, 1.165) is 16.4 Å². The molecule has 0 radical (unpaired) electrons. The van der Waals surface area contributed by atoms with Gasteiger partial charge in [-0.3, -0.25) is 9.59 Å². The number of hydrogen-bond donors (Lipinski definition) is 1. The molecule has 0 spiro atoms. The minimum atomic E-state index is -3.71. The number of nitrogens with zero attached hydrogens (tertiary/aromatic N) is 2. The van der Waals surface area contributed by atoms with E-state index in [-0.39, 0.29) is 17.5 Å². The minimum absolute atomic E-state index is 0.0201. The molecular weight excluding hydrogens is 370 g/mol. The summed E-state index contributed by atoms with van der Waals surface area (Å²) in [7, 11) is -3.71. The fourth-order valence-electron chi connectivity index (χ4n) is 2.70.